The Hall–Kier alpha value is -1.99. The van der Waals surface area contributed by atoms with Gasteiger partial charge in [-0.1, -0.05) is 47.5 Å². The lowest BCUT2D eigenvalue weighted by molar-refractivity contribution is -0.185. The van der Waals surface area contributed by atoms with Gasteiger partial charge in [-0.3, -0.25) is 9.59 Å². The Balaban J connectivity index is 1.67. The van der Waals surface area contributed by atoms with Crippen LogP contribution < -0.4 is 0 Å². The number of ketones is 1. The number of rotatable bonds is 5. The van der Waals surface area contributed by atoms with E-state index in [0.29, 0.717) is 18.8 Å². The van der Waals surface area contributed by atoms with Crippen LogP contribution >= 0.6 is 0 Å². The molecule has 0 amide bonds. The van der Waals surface area contributed by atoms with Crippen molar-refractivity contribution in [2.45, 2.75) is 124 Å². The van der Waals surface area contributed by atoms with Crippen molar-refractivity contribution >= 4 is 17.7 Å². The van der Waals surface area contributed by atoms with Gasteiger partial charge in [-0.2, -0.15) is 0 Å². The molecule has 216 valence electrons. The van der Waals surface area contributed by atoms with Crippen molar-refractivity contribution in [3.05, 3.63) is 22.8 Å². The van der Waals surface area contributed by atoms with Crippen LogP contribution in [0.1, 0.15) is 106 Å². The van der Waals surface area contributed by atoms with E-state index >= 15 is 0 Å². The lowest BCUT2D eigenvalue weighted by atomic mass is 9.36. The highest BCUT2D eigenvalue weighted by Crippen LogP contribution is 2.73. The third kappa shape index (κ3) is 3.85. The normalized spacial score (nSPS) is 45.9. The van der Waals surface area contributed by atoms with E-state index in [0.717, 1.165) is 37.7 Å². The summed E-state index contributed by atoms with van der Waals surface area (Å²) in [5.41, 5.74) is -0.407. The van der Waals surface area contributed by atoms with E-state index in [1.807, 2.05) is 13.8 Å². The summed E-state index contributed by atoms with van der Waals surface area (Å²) in [4.78, 5) is 40.1. The van der Waals surface area contributed by atoms with Gasteiger partial charge in [0.05, 0.1) is 29.1 Å². The Bertz CT molecular complexity index is 1170. The summed E-state index contributed by atoms with van der Waals surface area (Å²) in [5.74, 6) is -3.04. The van der Waals surface area contributed by atoms with Crippen molar-refractivity contribution in [3.63, 3.8) is 0 Å². The number of esters is 2. The van der Waals surface area contributed by atoms with E-state index in [1.165, 1.54) is 13.3 Å². The SMILES string of the molecule is CCC(O)CC(=O)OC1CC2C(C)(CCC3C(C)(CC)CCCC32C)C2=CC(=O)C3=C(C(=O)OC3(C)O)C21C. The van der Waals surface area contributed by atoms with E-state index in [2.05, 4.69) is 27.7 Å². The van der Waals surface area contributed by atoms with Crippen LogP contribution in [0.15, 0.2) is 22.8 Å². The first kappa shape index (κ1) is 28.5. The number of aliphatic hydroxyl groups excluding tert-OH is 1. The van der Waals surface area contributed by atoms with Crippen molar-refractivity contribution in [1.29, 1.82) is 0 Å². The zero-order valence-corrected chi connectivity index (χ0v) is 24.7. The van der Waals surface area contributed by atoms with Crippen LogP contribution in [0.4, 0.5) is 0 Å². The van der Waals surface area contributed by atoms with Crippen LogP contribution in [-0.2, 0) is 23.9 Å². The van der Waals surface area contributed by atoms with Gasteiger partial charge < -0.3 is 19.7 Å². The van der Waals surface area contributed by atoms with Gasteiger partial charge in [-0.15, -0.1) is 0 Å². The van der Waals surface area contributed by atoms with E-state index in [9.17, 15) is 24.6 Å². The largest absolute Gasteiger partial charge is 0.461 e. The molecule has 0 aromatic rings. The molecule has 3 fully saturated rings. The summed E-state index contributed by atoms with van der Waals surface area (Å²) in [7, 11) is 0. The number of carbonyl (C=O) groups is 3. The lowest BCUT2D eigenvalue weighted by Gasteiger charge is -2.68. The van der Waals surface area contributed by atoms with Crippen molar-refractivity contribution in [2.24, 2.45) is 33.5 Å². The highest BCUT2D eigenvalue weighted by atomic mass is 16.7. The Morgan fingerprint density at radius 2 is 1.77 bits per heavy atom. The fourth-order valence-corrected chi connectivity index (χ4v) is 9.91. The molecule has 0 saturated heterocycles. The molecule has 9 atom stereocenters. The highest BCUT2D eigenvalue weighted by molar-refractivity contribution is 6.16. The maximum Gasteiger partial charge on any atom is 0.338 e. The molecule has 0 aromatic heterocycles. The Morgan fingerprint density at radius 3 is 2.41 bits per heavy atom. The van der Waals surface area contributed by atoms with Gasteiger partial charge >= 0.3 is 11.9 Å². The molecule has 0 aromatic carbocycles. The van der Waals surface area contributed by atoms with Gasteiger partial charge in [0, 0.05) is 6.92 Å². The van der Waals surface area contributed by atoms with Gasteiger partial charge in [0.1, 0.15) is 6.10 Å². The number of fused-ring (bicyclic) bond motifs is 6. The summed E-state index contributed by atoms with van der Waals surface area (Å²) in [6, 6.07) is 0. The summed E-state index contributed by atoms with van der Waals surface area (Å²) >= 11 is 0. The fraction of sp³-hybridized carbons (Fsp3) is 0.781. The maximum atomic E-state index is 13.6. The average molecular weight is 543 g/mol. The zero-order valence-electron chi connectivity index (χ0n) is 24.7. The van der Waals surface area contributed by atoms with Crippen LogP contribution in [0.25, 0.3) is 0 Å². The zero-order chi connectivity index (χ0) is 28.8. The molecule has 0 radical (unpaired) electrons. The van der Waals surface area contributed by atoms with E-state index in [4.69, 9.17) is 9.47 Å². The molecule has 0 spiro atoms. The number of allylic oxidation sites excluding steroid dienone is 1. The summed E-state index contributed by atoms with van der Waals surface area (Å²) < 4.78 is 11.6. The summed E-state index contributed by atoms with van der Waals surface area (Å²) in [6.07, 6.45) is 7.36. The second-order valence-corrected chi connectivity index (χ2v) is 14.2. The number of hydrogen-bond acceptors (Lipinski definition) is 7. The average Bonchev–Trinajstić information content (AvgIpc) is 3.11. The minimum atomic E-state index is -2.03. The predicted molar refractivity (Wildman–Crippen MR) is 145 cm³/mol. The Kier molecular flexibility index (Phi) is 6.59. The number of ether oxygens (including phenoxy) is 2. The van der Waals surface area contributed by atoms with Gasteiger partial charge in [0.25, 0.3) is 0 Å². The van der Waals surface area contributed by atoms with E-state index in [1.54, 1.807) is 6.08 Å². The van der Waals surface area contributed by atoms with Crippen LogP contribution in [-0.4, -0.2) is 45.9 Å². The third-order valence-corrected chi connectivity index (χ3v) is 12.1. The fourth-order valence-electron chi connectivity index (χ4n) is 9.91. The molecule has 9 unspecified atom stereocenters. The summed E-state index contributed by atoms with van der Waals surface area (Å²) in [5, 5.41) is 21.1. The van der Waals surface area contributed by atoms with Crippen molar-refractivity contribution in [1.82, 2.24) is 0 Å². The number of carbonyl (C=O) groups excluding carboxylic acids is 3. The van der Waals surface area contributed by atoms with Gasteiger partial charge in [-0.05, 0) is 85.2 Å². The van der Waals surface area contributed by atoms with Gasteiger partial charge in [0.15, 0.2) is 5.78 Å². The molecule has 39 heavy (non-hydrogen) atoms. The minimum Gasteiger partial charge on any atom is -0.461 e. The van der Waals surface area contributed by atoms with E-state index < -0.39 is 41.1 Å². The van der Waals surface area contributed by atoms with Gasteiger partial charge in [0.2, 0.25) is 5.79 Å². The van der Waals surface area contributed by atoms with Crippen molar-refractivity contribution in [2.75, 3.05) is 0 Å². The van der Waals surface area contributed by atoms with Crippen molar-refractivity contribution < 1.29 is 34.1 Å². The monoisotopic (exact) mass is 542 g/mol. The maximum absolute atomic E-state index is 13.6. The minimum absolute atomic E-state index is 0.0227. The quantitative estimate of drug-likeness (QED) is 0.461. The molecule has 7 heteroatoms. The molecular weight excluding hydrogens is 496 g/mol. The van der Waals surface area contributed by atoms with Crippen LogP contribution in [0.3, 0.4) is 0 Å². The molecule has 5 rings (SSSR count). The number of hydrogen-bond donors (Lipinski definition) is 2. The molecular formula is C32H46O7. The molecule has 1 aliphatic heterocycles. The molecule has 7 nitrogen and oxygen atoms in total. The molecule has 0 bridgehead atoms. The predicted octanol–water partition coefficient (Wildman–Crippen LogP) is 5.18. The Morgan fingerprint density at radius 1 is 1.08 bits per heavy atom. The summed E-state index contributed by atoms with van der Waals surface area (Å²) in [6.45, 7) is 14.4. The standard InChI is InChI=1S/C32H46O7/c1-8-18(33)15-24(35)38-23-17-21-29(4)13-10-12-28(3,9-2)20(29)11-14-30(21,5)22-16-19(34)25-26(31(22,23)6)27(36)39-32(25,7)37/h16,18,20-21,23,33,37H,8-15,17H2,1-7H3. The molecule has 3 saturated carbocycles. The van der Waals surface area contributed by atoms with Crippen LogP contribution in [0.5, 0.6) is 0 Å². The first-order valence-electron chi connectivity index (χ1n) is 14.9. The van der Waals surface area contributed by atoms with Crippen LogP contribution in [0.2, 0.25) is 0 Å². The van der Waals surface area contributed by atoms with Gasteiger partial charge in [-0.25, -0.2) is 4.79 Å². The third-order valence-electron chi connectivity index (χ3n) is 12.1. The second-order valence-electron chi connectivity index (χ2n) is 14.2. The molecule has 5 aliphatic rings. The van der Waals surface area contributed by atoms with Crippen molar-refractivity contribution in [3.8, 4) is 0 Å². The first-order valence-corrected chi connectivity index (χ1v) is 14.9. The Labute approximate surface area is 232 Å². The molecule has 1 heterocycles. The smallest absolute Gasteiger partial charge is 0.338 e. The molecule has 4 aliphatic carbocycles. The number of aliphatic hydroxyl groups is 2. The second kappa shape index (κ2) is 9.01. The highest BCUT2D eigenvalue weighted by Gasteiger charge is 2.69. The number of cyclic esters (lactones) is 1. The first-order chi connectivity index (χ1) is 18.1. The van der Waals surface area contributed by atoms with E-state index in [-0.39, 0.29) is 39.7 Å². The topological polar surface area (TPSA) is 110 Å². The molecule has 2 N–H and O–H groups in total. The lowest BCUT2D eigenvalue weighted by Crippen LogP contribution is -2.63. The van der Waals surface area contributed by atoms with Crippen LogP contribution in [0, 0.1) is 33.5 Å².